The highest BCUT2D eigenvalue weighted by Gasteiger charge is 2.16. The molecule has 59 heavy (non-hydrogen) atoms. The molecule has 0 radical (unpaired) electrons. The summed E-state index contributed by atoms with van der Waals surface area (Å²) in [6.45, 7) is 1.28. The van der Waals surface area contributed by atoms with Crippen LogP contribution >= 0.6 is 0 Å². The van der Waals surface area contributed by atoms with Crippen LogP contribution < -0.4 is 42.6 Å². The number of nitrogens with one attached hydrogen (secondary N) is 4. The number of ether oxygens (including phenoxy) is 2. The van der Waals surface area contributed by atoms with Crippen LogP contribution in [0.3, 0.4) is 0 Å². The van der Waals surface area contributed by atoms with E-state index >= 15 is 0 Å². The zero-order valence-corrected chi connectivity index (χ0v) is 32.1. The van der Waals surface area contributed by atoms with E-state index in [1.54, 1.807) is 14.2 Å². The molecule has 3 aromatic carbocycles. The second-order valence-electron chi connectivity index (χ2n) is 13.8. The molecular weight excluding hydrogens is 767 g/mol. The standard InChI is InChI=1S/C22H20FN5O4.C19H20FN5O2/c1-31-17-7-6-13(10-18(17)32-2)8-9-24-21-25-12-16-19(26-21)27-22(30)28(20(16)29)15-5-3-4-14(23)11-15;20-13-7-4-8-14(9-13)25-17(26)15-11-22-18(23-16(15)24-19(25)27)21-10-12-5-2-1-3-6-12/h3-7,10-12H,8-9H2,1-2H3,(H2,24,25,26,27,30);4,7-9,11-12H,1-3,5-6,10H2,(H2,21,22,23,24,27). The Kier molecular flexibility index (Phi) is 12.1. The minimum Gasteiger partial charge on any atom is -0.493 e. The number of hydrogen-bond donors (Lipinski definition) is 4. The number of nitrogens with zero attached hydrogens (tertiary/aromatic N) is 6. The maximum Gasteiger partial charge on any atom is 0.334 e. The number of anilines is 2. The molecule has 4 heterocycles. The molecule has 0 saturated heterocycles. The minimum atomic E-state index is -0.719. The summed E-state index contributed by atoms with van der Waals surface area (Å²) in [7, 11) is 3.15. The third kappa shape index (κ3) is 9.16. The van der Waals surface area contributed by atoms with Crippen LogP contribution in [0.1, 0.15) is 37.7 Å². The molecular formula is C41H40F2N10O6. The monoisotopic (exact) mass is 806 g/mol. The number of fused-ring (bicyclic) bond motifs is 2. The van der Waals surface area contributed by atoms with Crippen molar-refractivity contribution in [2.24, 2.45) is 5.92 Å². The van der Waals surface area contributed by atoms with Gasteiger partial charge in [-0.05, 0) is 79.3 Å². The van der Waals surface area contributed by atoms with Gasteiger partial charge < -0.3 is 20.1 Å². The maximum atomic E-state index is 13.5. The molecule has 0 atom stereocenters. The van der Waals surface area contributed by atoms with Crippen LogP contribution in [0.5, 0.6) is 11.5 Å². The Hall–Kier alpha value is -7.24. The number of rotatable bonds is 11. The van der Waals surface area contributed by atoms with Crippen molar-refractivity contribution in [1.82, 2.24) is 39.0 Å². The van der Waals surface area contributed by atoms with E-state index in [4.69, 9.17) is 9.47 Å². The lowest BCUT2D eigenvalue weighted by atomic mass is 9.89. The Morgan fingerprint density at radius 3 is 1.76 bits per heavy atom. The Balaban J connectivity index is 0.000000181. The predicted octanol–water partition coefficient (Wildman–Crippen LogP) is 4.88. The third-order valence-corrected chi connectivity index (χ3v) is 9.85. The van der Waals surface area contributed by atoms with Crippen molar-refractivity contribution < 1.29 is 18.3 Å². The largest absolute Gasteiger partial charge is 0.493 e. The second-order valence-corrected chi connectivity index (χ2v) is 13.8. The summed E-state index contributed by atoms with van der Waals surface area (Å²) in [6, 6.07) is 16.2. The highest BCUT2D eigenvalue weighted by molar-refractivity contribution is 5.74. The van der Waals surface area contributed by atoms with Crippen molar-refractivity contribution >= 4 is 34.0 Å². The molecule has 4 aromatic heterocycles. The van der Waals surface area contributed by atoms with Gasteiger partial charge in [0.2, 0.25) is 11.9 Å². The molecule has 16 nitrogen and oxygen atoms in total. The zero-order valence-electron chi connectivity index (χ0n) is 32.1. The quantitative estimate of drug-likeness (QED) is 0.138. The van der Waals surface area contributed by atoms with Crippen molar-refractivity contribution in [3.8, 4) is 22.9 Å². The van der Waals surface area contributed by atoms with Gasteiger partial charge in [0.15, 0.2) is 22.8 Å². The average Bonchev–Trinajstić information content (AvgIpc) is 3.23. The van der Waals surface area contributed by atoms with Crippen LogP contribution in [0.15, 0.2) is 98.3 Å². The van der Waals surface area contributed by atoms with Crippen LogP contribution in [0.2, 0.25) is 0 Å². The van der Waals surface area contributed by atoms with Gasteiger partial charge in [0.1, 0.15) is 22.4 Å². The van der Waals surface area contributed by atoms with Gasteiger partial charge in [0.05, 0.1) is 25.6 Å². The number of hydrogen-bond acceptors (Lipinski definition) is 12. The first-order valence-corrected chi connectivity index (χ1v) is 18.9. The van der Waals surface area contributed by atoms with Crippen molar-refractivity contribution in [1.29, 1.82) is 0 Å². The Morgan fingerprint density at radius 2 is 1.24 bits per heavy atom. The lowest BCUT2D eigenvalue weighted by molar-refractivity contribution is 0.354. The molecule has 0 aliphatic heterocycles. The van der Waals surface area contributed by atoms with Gasteiger partial charge in [-0.1, -0.05) is 37.5 Å². The number of aromatic nitrogens is 8. The smallest absolute Gasteiger partial charge is 0.334 e. The van der Waals surface area contributed by atoms with E-state index in [2.05, 4.69) is 40.5 Å². The van der Waals surface area contributed by atoms with Gasteiger partial charge in [0.25, 0.3) is 11.1 Å². The molecule has 304 valence electrons. The summed E-state index contributed by atoms with van der Waals surface area (Å²) in [5, 5.41) is 6.54. The molecule has 8 rings (SSSR count). The van der Waals surface area contributed by atoms with Gasteiger partial charge >= 0.3 is 11.4 Å². The Bertz CT molecular complexity index is 2870. The third-order valence-electron chi connectivity index (χ3n) is 9.85. The van der Waals surface area contributed by atoms with E-state index in [1.165, 1.54) is 80.9 Å². The molecule has 1 saturated carbocycles. The normalized spacial score (nSPS) is 12.8. The molecule has 0 unspecified atom stereocenters. The molecule has 1 aliphatic carbocycles. The number of halogens is 2. The molecule has 1 aliphatic rings. The van der Waals surface area contributed by atoms with E-state index in [1.807, 2.05) is 18.2 Å². The second kappa shape index (κ2) is 17.9. The van der Waals surface area contributed by atoms with E-state index in [0.29, 0.717) is 36.3 Å². The first-order valence-electron chi connectivity index (χ1n) is 18.9. The van der Waals surface area contributed by atoms with Crippen molar-refractivity contribution in [2.75, 3.05) is 37.9 Å². The zero-order chi connectivity index (χ0) is 41.5. The lowest BCUT2D eigenvalue weighted by Crippen LogP contribution is -2.34. The number of methoxy groups -OCH3 is 2. The molecule has 7 aromatic rings. The summed E-state index contributed by atoms with van der Waals surface area (Å²) in [5.41, 5.74) is -1.06. The van der Waals surface area contributed by atoms with Gasteiger partial charge in [0, 0.05) is 25.5 Å². The number of benzene rings is 3. The number of H-pyrrole nitrogens is 2. The summed E-state index contributed by atoms with van der Waals surface area (Å²) in [5.74, 6) is 1.44. The van der Waals surface area contributed by atoms with E-state index < -0.39 is 34.1 Å². The fraction of sp³-hybridized carbons (Fsp3) is 0.268. The fourth-order valence-corrected chi connectivity index (χ4v) is 6.86. The summed E-state index contributed by atoms with van der Waals surface area (Å²) in [4.78, 5) is 72.4. The summed E-state index contributed by atoms with van der Waals surface area (Å²) >= 11 is 0. The highest BCUT2D eigenvalue weighted by Crippen LogP contribution is 2.28. The van der Waals surface area contributed by atoms with Crippen LogP contribution in [-0.2, 0) is 6.42 Å². The van der Waals surface area contributed by atoms with Crippen molar-refractivity contribution in [2.45, 2.75) is 38.5 Å². The van der Waals surface area contributed by atoms with E-state index in [-0.39, 0.29) is 39.4 Å². The van der Waals surface area contributed by atoms with Crippen LogP contribution in [0.25, 0.3) is 33.4 Å². The Morgan fingerprint density at radius 1 is 0.695 bits per heavy atom. The van der Waals surface area contributed by atoms with Gasteiger partial charge in [-0.2, -0.15) is 9.97 Å². The number of aromatic amines is 2. The molecule has 18 heteroatoms. The molecule has 0 bridgehead atoms. The van der Waals surface area contributed by atoms with Crippen molar-refractivity contribution in [3.05, 3.63) is 138 Å². The summed E-state index contributed by atoms with van der Waals surface area (Å²) in [6.07, 6.45) is 9.54. The first kappa shape index (κ1) is 40.0. The van der Waals surface area contributed by atoms with Crippen LogP contribution in [0.4, 0.5) is 20.7 Å². The SMILES string of the molecule is COc1ccc(CCNc2ncc3c(=O)n(-c4cccc(F)c4)c(=O)[nH]c3n2)cc1OC.O=c1[nH]c2nc(NCC3CCCCC3)ncc2c(=O)n1-c1cccc(F)c1. The van der Waals surface area contributed by atoms with Gasteiger partial charge in [-0.3, -0.25) is 19.6 Å². The molecule has 0 amide bonds. The van der Waals surface area contributed by atoms with Crippen molar-refractivity contribution in [3.63, 3.8) is 0 Å². The van der Waals surface area contributed by atoms with E-state index in [9.17, 15) is 28.0 Å². The lowest BCUT2D eigenvalue weighted by Gasteiger charge is -2.21. The first-order chi connectivity index (χ1) is 28.6. The predicted molar refractivity (Wildman–Crippen MR) is 218 cm³/mol. The van der Waals surface area contributed by atoms with Crippen LogP contribution in [0, 0.1) is 17.6 Å². The van der Waals surface area contributed by atoms with E-state index in [0.717, 1.165) is 33.4 Å². The maximum absolute atomic E-state index is 13.5. The summed E-state index contributed by atoms with van der Waals surface area (Å²) < 4.78 is 39.3. The molecule has 4 N–H and O–H groups in total. The molecule has 1 fully saturated rings. The highest BCUT2D eigenvalue weighted by atomic mass is 19.1. The fourth-order valence-electron chi connectivity index (χ4n) is 6.86. The van der Waals surface area contributed by atoms with Crippen LogP contribution in [-0.4, -0.2) is 66.3 Å². The van der Waals surface area contributed by atoms with Gasteiger partial charge in [-0.15, -0.1) is 0 Å². The minimum absolute atomic E-state index is 0.0938. The Labute approximate surface area is 334 Å². The topological polar surface area (TPSA) is 204 Å². The van der Waals surface area contributed by atoms with Gasteiger partial charge in [-0.25, -0.2) is 37.5 Å². The molecule has 0 spiro atoms. The average molecular weight is 807 g/mol.